The highest BCUT2D eigenvalue weighted by Crippen LogP contribution is 2.23. The molecule has 0 aromatic rings. The fourth-order valence-electron chi connectivity index (χ4n) is 1.23. The van der Waals surface area contributed by atoms with E-state index in [0.29, 0.717) is 0 Å². The van der Waals surface area contributed by atoms with Crippen molar-refractivity contribution in [2.75, 3.05) is 0 Å². The normalized spacial score (nSPS) is 29.0. The molecule has 0 aliphatic heterocycles. The minimum absolute atomic E-state index is 0.0614. The summed E-state index contributed by atoms with van der Waals surface area (Å²) in [4.78, 5) is 0. The van der Waals surface area contributed by atoms with E-state index < -0.39 is 0 Å². The highest BCUT2D eigenvalue weighted by atomic mass is 16.3. The molecule has 0 unspecified atom stereocenters. The standard InChI is InChI=1S/C8H14O/c1-6-3-4-8(9)5-7(6)2/h8-9H,3-5H2,1-2H3/t8-/m0/s1. The van der Waals surface area contributed by atoms with Gasteiger partial charge in [0.25, 0.3) is 0 Å². The Morgan fingerprint density at radius 2 is 2.00 bits per heavy atom. The molecule has 0 heterocycles. The molecule has 52 valence electrons. The topological polar surface area (TPSA) is 20.2 Å². The van der Waals surface area contributed by atoms with Crippen LogP contribution in [0.3, 0.4) is 0 Å². The van der Waals surface area contributed by atoms with Crippen LogP contribution in [-0.2, 0) is 0 Å². The summed E-state index contributed by atoms with van der Waals surface area (Å²) in [5.41, 5.74) is 2.86. The van der Waals surface area contributed by atoms with E-state index in [2.05, 4.69) is 13.8 Å². The van der Waals surface area contributed by atoms with Gasteiger partial charge in [-0.15, -0.1) is 0 Å². The Kier molecular flexibility index (Phi) is 1.91. The maximum atomic E-state index is 9.16. The highest BCUT2D eigenvalue weighted by molar-refractivity contribution is 5.13. The molecule has 0 amide bonds. The van der Waals surface area contributed by atoms with Crippen molar-refractivity contribution in [2.45, 2.75) is 39.2 Å². The Morgan fingerprint density at radius 1 is 1.33 bits per heavy atom. The van der Waals surface area contributed by atoms with Crippen LogP contribution >= 0.6 is 0 Å². The lowest BCUT2D eigenvalue weighted by molar-refractivity contribution is 0.158. The SMILES string of the molecule is CC1=C(C)C[C@@H](O)CC1. The second-order valence-corrected chi connectivity index (χ2v) is 2.96. The fourth-order valence-corrected chi connectivity index (χ4v) is 1.23. The van der Waals surface area contributed by atoms with Gasteiger partial charge in [-0.1, -0.05) is 11.1 Å². The molecule has 1 rings (SSSR count). The average Bonchev–Trinajstić information content (AvgIpc) is 1.80. The van der Waals surface area contributed by atoms with Crippen molar-refractivity contribution >= 4 is 0 Å². The average molecular weight is 126 g/mol. The van der Waals surface area contributed by atoms with Crippen molar-refractivity contribution in [3.05, 3.63) is 11.1 Å². The summed E-state index contributed by atoms with van der Waals surface area (Å²) in [5, 5.41) is 9.16. The third-order valence-corrected chi connectivity index (χ3v) is 2.12. The van der Waals surface area contributed by atoms with E-state index in [1.165, 1.54) is 11.1 Å². The van der Waals surface area contributed by atoms with Gasteiger partial charge in [0.15, 0.2) is 0 Å². The molecule has 1 N–H and O–H groups in total. The van der Waals surface area contributed by atoms with Crippen LogP contribution in [0.1, 0.15) is 33.1 Å². The molecule has 0 bridgehead atoms. The molecule has 1 nitrogen and oxygen atoms in total. The number of hydrogen-bond acceptors (Lipinski definition) is 1. The van der Waals surface area contributed by atoms with Gasteiger partial charge in [-0.05, 0) is 33.1 Å². The van der Waals surface area contributed by atoms with Crippen molar-refractivity contribution < 1.29 is 5.11 Å². The van der Waals surface area contributed by atoms with E-state index >= 15 is 0 Å². The molecule has 0 saturated heterocycles. The fraction of sp³-hybridized carbons (Fsp3) is 0.750. The van der Waals surface area contributed by atoms with Crippen molar-refractivity contribution in [2.24, 2.45) is 0 Å². The van der Waals surface area contributed by atoms with Crippen LogP contribution in [0.4, 0.5) is 0 Å². The molecule has 1 aliphatic rings. The molecule has 0 spiro atoms. The number of allylic oxidation sites excluding steroid dienone is 1. The Morgan fingerprint density at radius 3 is 2.44 bits per heavy atom. The first-order chi connectivity index (χ1) is 4.20. The van der Waals surface area contributed by atoms with Crippen LogP contribution < -0.4 is 0 Å². The molecule has 0 saturated carbocycles. The van der Waals surface area contributed by atoms with Crippen LogP contribution in [0.2, 0.25) is 0 Å². The first-order valence-electron chi connectivity index (χ1n) is 3.53. The van der Waals surface area contributed by atoms with Gasteiger partial charge < -0.3 is 5.11 Å². The molecule has 9 heavy (non-hydrogen) atoms. The summed E-state index contributed by atoms with van der Waals surface area (Å²) in [6, 6.07) is 0. The van der Waals surface area contributed by atoms with Crippen molar-refractivity contribution in [1.82, 2.24) is 0 Å². The molecular formula is C8H14O. The van der Waals surface area contributed by atoms with Crippen LogP contribution in [-0.4, -0.2) is 11.2 Å². The third kappa shape index (κ3) is 1.55. The van der Waals surface area contributed by atoms with Gasteiger partial charge >= 0.3 is 0 Å². The van der Waals surface area contributed by atoms with Crippen LogP contribution in [0.25, 0.3) is 0 Å². The lowest BCUT2D eigenvalue weighted by Gasteiger charge is -2.19. The number of aliphatic hydroxyl groups is 1. The van der Waals surface area contributed by atoms with E-state index in [4.69, 9.17) is 5.11 Å². The first-order valence-corrected chi connectivity index (χ1v) is 3.53. The van der Waals surface area contributed by atoms with E-state index in [-0.39, 0.29) is 6.10 Å². The summed E-state index contributed by atoms with van der Waals surface area (Å²) in [6.07, 6.45) is 2.89. The van der Waals surface area contributed by atoms with E-state index in [9.17, 15) is 0 Å². The lowest BCUT2D eigenvalue weighted by Crippen LogP contribution is -2.12. The Balaban J connectivity index is 2.61. The largest absolute Gasteiger partial charge is 0.393 e. The summed E-state index contributed by atoms with van der Waals surface area (Å²) in [5.74, 6) is 0. The van der Waals surface area contributed by atoms with Gasteiger partial charge in [0.1, 0.15) is 0 Å². The van der Waals surface area contributed by atoms with Crippen LogP contribution in [0.5, 0.6) is 0 Å². The molecule has 0 radical (unpaired) electrons. The van der Waals surface area contributed by atoms with E-state index in [1.807, 2.05) is 0 Å². The Bertz CT molecular complexity index is 136. The van der Waals surface area contributed by atoms with Crippen molar-refractivity contribution in [1.29, 1.82) is 0 Å². The maximum Gasteiger partial charge on any atom is 0.0580 e. The first kappa shape index (κ1) is 6.81. The molecule has 0 aromatic carbocycles. The maximum absolute atomic E-state index is 9.16. The molecular weight excluding hydrogens is 112 g/mol. The lowest BCUT2D eigenvalue weighted by atomic mass is 9.92. The van der Waals surface area contributed by atoms with Gasteiger partial charge in [-0.2, -0.15) is 0 Å². The smallest absolute Gasteiger partial charge is 0.0580 e. The summed E-state index contributed by atoms with van der Waals surface area (Å²) in [7, 11) is 0. The quantitative estimate of drug-likeness (QED) is 0.491. The summed E-state index contributed by atoms with van der Waals surface area (Å²) < 4.78 is 0. The predicted octanol–water partition coefficient (Wildman–Crippen LogP) is 1.87. The number of aliphatic hydroxyl groups excluding tert-OH is 1. The van der Waals surface area contributed by atoms with E-state index in [1.54, 1.807) is 0 Å². The highest BCUT2D eigenvalue weighted by Gasteiger charge is 2.12. The molecule has 0 fully saturated rings. The van der Waals surface area contributed by atoms with E-state index in [0.717, 1.165) is 19.3 Å². The minimum atomic E-state index is -0.0614. The summed E-state index contributed by atoms with van der Waals surface area (Å²) in [6.45, 7) is 4.26. The van der Waals surface area contributed by atoms with Crippen LogP contribution in [0, 0.1) is 0 Å². The van der Waals surface area contributed by atoms with Crippen LogP contribution in [0.15, 0.2) is 11.1 Å². The van der Waals surface area contributed by atoms with Gasteiger partial charge in [0.2, 0.25) is 0 Å². The second kappa shape index (κ2) is 2.53. The monoisotopic (exact) mass is 126 g/mol. The molecule has 1 heteroatoms. The third-order valence-electron chi connectivity index (χ3n) is 2.12. The zero-order valence-electron chi connectivity index (χ0n) is 6.15. The van der Waals surface area contributed by atoms with Gasteiger partial charge in [-0.25, -0.2) is 0 Å². The van der Waals surface area contributed by atoms with Gasteiger partial charge in [0.05, 0.1) is 6.10 Å². The van der Waals surface area contributed by atoms with Gasteiger partial charge in [-0.3, -0.25) is 0 Å². The van der Waals surface area contributed by atoms with Crippen molar-refractivity contribution in [3.8, 4) is 0 Å². The minimum Gasteiger partial charge on any atom is -0.393 e. The number of hydrogen-bond donors (Lipinski definition) is 1. The Labute approximate surface area is 56.4 Å². The molecule has 1 atom stereocenters. The predicted molar refractivity (Wildman–Crippen MR) is 38.2 cm³/mol. The zero-order valence-corrected chi connectivity index (χ0v) is 6.15. The Hall–Kier alpha value is -0.300. The number of rotatable bonds is 0. The second-order valence-electron chi connectivity index (χ2n) is 2.96. The van der Waals surface area contributed by atoms with Gasteiger partial charge in [0, 0.05) is 0 Å². The zero-order chi connectivity index (χ0) is 6.85. The molecule has 1 aliphatic carbocycles. The summed E-state index contributed by atoms with van der Waals surface area (Å²) >= 11 is 0. The van der Waals surface area contributed by atoms with Crippen molar-refractivity contribution in [3.63, 3.8) is 0 Å². The molecule has 0 aromatic heterocycles.